The minimum atomic E-state index is -0.997. The number of halogens is 2. The number of carboxylic acid groups (broad SMARTS) is 1. The van der Waals surface area contributed by atoms with Gasteiger partial charge in [-0.1, -0.05) is 29.8 Å². The van der Waals surface area contributed by atoms with Gasteiger partial charge >= 0.3 is 5.97 Å². The third-order valence-electron chi connectivity index (χ3n) is 2.68. The van der Waals surface area contributed by atoms with Crippen molar-refractivity contribution in [2.45, 2.75) is 12.5 Å². The van der Waals surface area contributed by atoms with Crippen LogP contribution in [0.1, 0.15) is 5.56 Å². The zero-order valence-electron chi connectivity index (χ0n) is 10.4. The van der Waals surface area contributed by atoms with Crippen LogP contribution in [0.2, 0.25) is 5.02 Å². The molecule has 0 heterocycles. The number of benzene rings is 2. The van der Waals surface area contributed by atoms with Crippen LogP contribution >= 0.6 is 34.2 Å². The smallest absolute Gasteiger partial charge is 0.345 e. The van der Waals surface area contributed by atoms with Gasteiger partial charge in [0.1, 0.15) is 5.75 Å². The van der Waals surface area contributed by atoms with Gasteiger partial charge in [0.25, 0.3) is 0 Å². The Bertz CT molecular complexity index is 598. The average Bonchev–Trinajstić information content (AvgIpc) is 2.40. The molecule has 0 aromatic heterocycles. The van der Waals surface area contributed by atoms with Gasteiger partial charge in [-0.2, -0.15) is 0 Å². The number of rotatable bonds is 5. The van der Waals surface area contributed by atoms with Crippen molar-refractivity contribution in [3.05, 3.63) is 62.7 Å². The molecular formula is C15H12ClIO3. The number of ether oxygens (including phenoxy) is 1. The van der Waals surface area contributed by atoms with E-state index in [-0.39, 0.29) is 0 Å². The van der Waals surface area contributed by atoms with E-state index >= 15 is 0 Å². The number of carbonyl (C=O) groups is 1. The normalized spacial score (nSPS) is 11.9. The molecule has 104 valence electrons. The van der Waals surface area contributed by atoms with Gasteiger partial charge in [-0.05, 0) is 58.5 Å². The molecule has 3 nitrogen and oxygen atoms in total. The SMILES string of the molecule is O=C(O)[C@@H](Cc1ccc(I)cc1)Oc1cccc(Cl)c1. The molecule has 0 spiro atoms. The lowest BCUT2D eigenvalue weighted by molar-refractivity contribution is -0.145. The van der Waals surface area contributed by atoms with Gasteiger partial charge in [-0.25, -0.2) is 4.79 Å². The summed E-state index contributed by atoms with van der Waals surface area (Å²) in [6.07, 6.45) is -0.632. The second-order valence-electron chi connectivity index (χ2n) is 4.23. The van der Waals surface area contributed by atoms with Gasteiger partial charge in [0.2, 0.25) is 0 Å². The van der Waals surface area contributed by atoms with Gasteiger partial charge in [-0.15, -0.1) is 0 Å². The second-order valence-corrected chi connectivity index (χ2v) is 5.91. The second kappa shape index (κ2) is 6.95. The maximum absolute atomic E-state index is 11.3. The first-order chi connectivity index (χ1) is 9.54. The molecule has 0 saturated carbocycles. The third-order valence-corrected chi connectivity index (χ3v) is 3.64. The zero-order chi connectivity index (χ0) is 14.5. The molecule has 0 radical (unpaired) electrons. The summed E-state index contributed by atoms with van der Waals surface area (Å²) in [6.45, 7) is 0. The van der Waals surface area contributed by atoms with Gasteiger partial charge in [-0.3, -0.25) is 0 Å². The zero-order valence-corrected chi connectivity index (χ0v) is 13.3. The van der Waals surface area contributed by atoms with Crippen LogP contribution in [-0.2, 0) is 11.2 Å². The predicted octanol–water partition coefficient (Wildman–Crippen LogP) is 4.02. The van der Waals surface area contributed by atoms with Gasteiger partial charge < -0.3 is 9.84 Å². The van der Waals surface area contributed by atoms with Crippen LogP contribution < -0.4 is 4.74 Å². The van der Waals surface area contributed by atoms with Crippen molar-refractivity contribution < 1.29 is 14.6 Å². The van der Waals surface area contributed by atoms with E-state index in [1.54, 1.807) is 24.3 Å². The Morgan fingerprint density at radius 1 is 1.25 bits per heavy atom. The Morgan fingerprint density at radius 2 is 1.95 bits per heavy atom. The molecular weight excluding hydrogens is 391 g/mol. The van der Waals surface area contributed by atoms with Crippen LogP contribution in [0.25, 0.3) is 0 Å². The molecule has 2 aromatic carbocycles. The van der Waals surface area contributed by atoms with Crippen LogP contribution in [0.5, 0.6) is 5.75 Å². The Hall–Kier alpha value is -1.27. The summed E-state index contributed by atoms with van der Waals surface area (Å²) in [5.74, 6) is -0.543. The van der Waals surface area contributed by atoms with Crippen LogP contribution in [0, 0.1) is 3.57 Å². The quantitative estimate of drug-likeness (QED) is 0.769. The fraction of sp³-hybridized carbons (Fsp3) is 0.133. The molecule has 0 aliphatic heterocycles. The number of hydrogen-bond donors (Lipinski definition) is 1. The molecule has 20 heavy (non-hydrogen) atoms. The lowest BCUT2D eigenvalue weighted by Gasteiger charge is -2.15. The maximum Gasteiger partial charge on any atom is 0.345 e. The Labute approximate surface area is 135 Å². The number of aliphatic carboxylic acids is 1. The van der Waals surface area contributed by atoms with Crippen molar-refractivity contribution in [2.24, 2.45) is 0 Å². The predicted molar refractivity (Wildman–Crippen MR) is 86.4 cm³/mol. The van der Waals surface area contributed by atoms with Gasteiger partial charge in [0.05, 0.1) is 0 Å². The molecule has 2 aromatic rings. The average molecular weight is 403 g/mol. The summed E-state index contributed by atoms with van der Waals surface area (Å²) in [6, 6.07) is 14.4. The summed E-state index contributed by atoms with van der Waals surface area (Å²) in [5.41, 5.74) is 0.917. The van der Waals surface area contributed by atoms with Crippen molar-refractivity contribution in [1.82, 2.24) is 0 Å². The largest absolute Gasteiger partial charge is 0.478 e. The van der Waals surface area contributed by atoms with E-state index in [4.69, 9.17) is 16.3 Å². The van der Waals surface area contributed by atoms with Crippen molar-refractivity contribution in [3.8, 4) is 5.75 Å². The first kappa shape index (κ1) is 15.1. The molecule has 0 unspecified atom stereocenters. The monoisotopic (exact) mass is 402 g/mol. The molecule has 1 atom stereocenters. The van der Waals surface area contributed by atoms with Crippen molar-refractivity contribution >= 4 is 40.2 Å². The van der Waals surface area contributed by atoms with E-state index in [1.807, 2.05) is 24.3 Å². The molecule has 0 fully saturated rings. The van der Waals surface area contributed by atoms with E-state index in [2.05, 4.69) is 22.6 Å². The lowest BCUT2D eigenvalue weighted by Crippen LogP contribution is -2.29. The highest BCUT2D eigenvalue weighted by Gasteiger charge is 2.20. The standard InChI is InChI=1S/C15H12ClIO3/c16-11-2-1-3-13(9-11)20-14(15(18)19)8-10-4-6-12(17)7-5-10/h1-7,9,14H,8H2,(H,18,19)/t14-/m1/s1. The summed E-state index contributed by atoms with van der Waals surface area (Å²) in [4.78, 5) is 11.3. The first-order valence-electron chi connectivity index (χ1n) is 5.94. The molecule has 5 heteroatoms. The van der Waals surface area contributed by atoms with E-state index in [0.717, 1.165) is 9.13 Å². The molecule has 1 N–H and O–H groups in total. The van der Waals surface area contributed by atoms with Crippen molar-refractivity contribution in [3.63, 3.8) is 0 Å². The summed E-state index contributed by atoms with van der Waals surface area (Å²) >= 11 is 8.06. The fourth-order valence-electron chi connectivity index (χ4n) is 1.72. The lowest BCUT2D eigenvalue weighted by atomic mass is 10.1. The topological polar surface area (TPSA) is 46.5 Å². The summed E-state index contributed by atoms with van der Waals surface area (Å²) in [7, 11) is 0. The first-order valence-corrected chi connectivity index (χ1v) is 7.40. The van der Waals surface area contributed by atoms with E-state index < -0.39 is 12.1 Å². The fourth-order valence-corrected chi connectivity index (χ4v) is 2.26. The summed E-state index contributed by atoms with van der Waals surface area (Å²) < 4.78 is 6.61. The highest BCUT2D eigenvalue weighted by atomic mass is 127. The molecule has 0 aliphatic carbocycles. The van der Waals surface area contributed by atoms with Crippen molar-refractivity contribution in [2.75, 3.05) is 0 Å². The van der Waals surface area contributed by atoms with E-state index in [9.17, 15) is 9.90 Å². The van der Waals surface area contributed by atoms with Crippen LogP contribution in [0.3, 0.4) is 0 Å². The minimum Gasteiger partial charge on any atom is -0.478 e. The Morgan fingerprint density at radius 3 is 2.55 bits per heavy atom. The maximum atomic E-state index is 11.3. The highest BCUT2D eigenvalue weighted by Crippen LogP contribution is 2.20. The summed E-state index contributed by atoms with van der Waals surface area (Å²) in [5, 5.41) is 9.78. The van der Waals surface area contributed by atoms with E-state index in [0.29, 0.717) is 17.2 Å². The Kier molecular flexibility index (Phi) is 5.25. The molecule has 0 amide bonds. The van der Waals surface area contributed by atoms with Crippen LogP contribution in [-0.4, -0.2) is 17.2 Å². The van der Waals surface area contributed by atoms with Gasteiger partial charge in [0, 0.05) is 15.0 Å². The molecule has 0 aliphatic rings. The third kappa shape index (κ3) is 4.38. The van der Waals surface area contributed by atoms with Crippen LogP contribution in [0.15, 0.2) is 48.5 Å². The highest BCUT2D eigenvalue weighted by molar-refractivity contribution is 14.1. The van der Waals surface area contributed by atoms with Gasteiger partial charge in [0.15, 0.2) is 6.10 Å². The molecule has 0 saturated heterocycles. The van der Waals surface area contributed by atoms with Crippen LogP contribution in [0.4, 0.5) is 0 Å². The Balaban J connectivity index is 2.11. The number of hydrogen-bond acceptors (Lipinski definition) is 2. The molecule has 0 bridgehead atoms. The number of carboxylic acids is 1. The van der Waals surface area contributed by atoms with Crippen molar-refractivity contribution in [1.29, 1.82) is 0 Å². The van der Waals surface area contributed by atoms with E-state index in [1.165, 1.54) is 0 Å². The molecule has 2 rings (SSSR count). The minimum absolute atomic E-state index is 0.304.